The Morgan fingerprint density at radius 1 is 1.32 bits per heavy atom. The van der Waals surface area contributed by atoms with Gasteiger partial charge in [0.1, 0.15) is 4.92 Å². The molecule has 0 radical (unpaired) electrons. The average Bonchev–Trinajstić information content (AvgIpc) is 3.20. The van der Waals surface area contributed by atoms with E-state index in [1.54, 1.807) is 11.6 Å². The maximum atomic E-state index is 10.6. The zero-order valence-electron chi connectivity index (χ0n) is 13.0. The van der Waals surface area contributed by atoms with Crippen LogP contribution in [0.1, 0.15) is 17.1 Å². The highest BCUT2D eigenvalue weighted by Gasteiger charge is 2.12. The number of aromatic nitrogens is 3. The number of furan rings is 1. The van der Waals surface area contributed by atoms with Gasteiger partial charge in [0, 0.05) is 10.2 Å². The van der Waals surface area contributed by atoms with Crippen LogP contribution >= 0.6 is 27.7 Å². The van der Waals surface area contributed by atoms with Crippen LogP contribution in [0.5, 0.6) is 0 Å². The summed E-state index contributed by atoms with van der Waals surface area (Å²) in [5.74, 6) is 1.28. The number of halogens is 1. The monoisotopic (exact) mass is 421 g/mol. The molecule has 25 heavy (non-hydrogen) atoms. The fourth-order valence-electron chi connectivity index (χ4n) is 1.91. The number of nitrogens with zero attached hydrogens (tertiary/aromatic N) is 5. The van der Waals surface area contributed by atoms with Gasteiger partial charge in [-0.2, -0.15) is 9.78 Å². The van der Waals surface area contributed by atoms with Crippen LogP contribution in [0.25, 0.3) is 0 Å². The molecule has 128 valence electrons. The van der Waals surface area contributed by atoms with Crippen LogP contribution in [0, 0.1) is 17.0 Å². The Kier molecular flexibility index (Phi) is 5.29. The molecular formula is C15H12BrN5O3S. The standard InChI is InChI=1S/C15H12BrN5O3S/c1-10-18-19-15(25-9-11-2-4-12(16)5-3-11)20(10)17-8-13-6-7-14(24-13)21(22)23/h2-8H,9H2,1H3/b17-8-. The van der Waals surface area contributed by atoms with Gasteiger partial charge in [-0.1, -0.05) is 39.8 Å². The van der Waals surface area contributed by atoms with Gasteiger partial charge in [0.2, 0.25) is 5.16 Å². The zero-order chi connectivity index (χ0) is 17.8. The van der Waals surface area contributed by atoms with Gasteiger partial charge in [-0.15, -0.1) is 10.2 Å². The summed E-state index contributed by atoms with van der Waals surface area (Å²) in [4.78, 5) is 10.0. The summed E-state index contributed by atoms with van der Waals surface area (Å²) in [6.07, 6.45) is 1.40. The second kappa shape index (κ2) is 7.62. The maximum absolute atomic E-state index is 10.6. The van der Waals surface area contributed by atoms with E-state index in [1.165, 1.54) is 30.1 Å². The van der Waals surface area contributed by atoms with Crippen molar-refractivity contribution in [1.82, 2.24) is 14.9 Å². The predicted molar refractivity (Wildman–Crippen MR) is 96.8 cm³/mol. The van der Waals surface area contributed by atoms with Crippen molar-refractivity contribution >= 4 is 39.8 Å². The first-order valence-electron chi connectivity index (χ1n) is 7.11. The van der Waals surface area contributed by atoms with Gasteiger partial charge in [0.05, 0.1) is 12.3 Å². The van der Waals surface area contributed by atoms with Gasteiger partial charge in [0.25, 0.3) is 0 Å². The molecule has 0 unspecified atom stereocenters. The average molecular weight is 422 g/mol. The first kappa shape index (κ1) is 17.4. The Morgan fingerprint density at radius 2 is 2.08 bits per heavy atom. The summed E-state index contributed by atoms with van der Waals surface area (Å²) in [6, 6.07) is 10.8. The summed E-state index contributed by atoms with van der Waals surface area (Å²) >= 11 is 4.90. The predicted octanol–water partition coefficient (Wildman–Crippen LogP) is 4.02. The lowest BCUT2D eigenvalue weighted by Crippen LogP contribution is -1.96. The minimum absolute atomic E-state index is 0.281. The first-order valence-corrected chi connectivity index (χ1v) is 8.88. The third-order valence-corrected chi connectivity index (χ3v) is 4.66. The molecule has 0 atom stereocenters. The highest BCUT2D eigenvalue weighted by atomic mass is 79.9. The number of hydrogen-bond acceptors (Lipinski definition) is 7. The molecule has 0 spiro atoms. The summed E-state index contributed by atoms with van der Waals surface area (Å²) in [5, 5.41) is 23.6. The van der Waals surface area contributed by atoms with E-state index in [-0.39, 0.29) is 11.6 Å². The van der Waals surface area contributed by atoms with E-state index in [4.69, 9.17) is 4.42 Å². The van der Waals surface area contributed by atoms with Crippen molar-refractivity contribution in [3.05, 3.63) is 68.1 Å². The van der Waals surface area contributed by atoms with Crippen molar-refractivity contribution in [3.63, 3.8) is 0 Å². The van der Waals surface area contributed by atoms with Gasteiger partial charge >= 0.3 is 5.88 Å². The van der Waals surface area contributed by atoms with Crippen molar-refractivity contribution in [2.45, 2.75) is 17.8 Å². The van der Waals surface area contributed by atoms with Crippen LogP contribution in [0.3, 0.4) is 0 Å². The molecule has 10 heteroatoms. The maximum Gasteiger partial charge on any atom is 0.433 e. The van der Waals surface area contributed by atoms with Gasteiger partial charge in [-0.05, 0) is 30.7 Å². The minimum atomic E-state index is -0.596. The highest BCUT2D eigenvalue weighted by molar-refractivity contribution is 9.10. The third kappa shape index (κ3) is 4.34. The minimum Gasteiger partial charge on any atom is -0.400 e. The van der Waals surface area contributed by atoms with Crippen LogP contribution in [0.2, 0.25) is 0 Å². The van der Waals surface area contributed by atoms with Crippen LogP contribution in [0.15, 0.2) is 55.5 Å². The van der Waals surface area contributed by atoms with E-state index in [1.807, 2.05) is 24.3 Å². The lowest BCUT2D eigenvalue weighted by Gasteiger charge is -2.02. The molecule has 0 aliphatic rings. The fraction of sp³-hybridized carbons (Fsp3) is 0.133. The van der Waals surface area contributed by atoms with Crippen LogP contribution in [-0.4, -0.2) is 26.0 Å². The van der Waals surface area contributed by atoms with Gasteiger partial charge in [-0.25, -0.2) is 0 Å². The molecule has 8 nitrogen and oxygen atoms in total. The number of rotatable bonds is 6. The quantitative estimate of drug-likeness (QED) is 0.258. The van der Waals surface area contributed by atoms with E-state index >= 15 is 0 Å². The Morgan fingerprint density at radius 3 is 2.76 bits per heavy atom. The van der Waals surface area contributed by atoms with Crippen LogP contribution < -0.4 is 0 Å². The Labute approximate surface area is 155 Å². The SMILES string of the molecule is Cc1nnc(SCc2ccc(Br)cc2)n1/N=C\c1ccc([N+](=O)[O-])o1. The van der Waals surface area contributed by atoms with Crippen LogP contribution in [-0.2, 0) is 5.75 Å². The topological polar surface area (TPSA) is 99.3 Å². The molecule has 0 saturated carbocycles. The molecule has 1 aromatic carbocycles. The molecule has 2 heterocycles. The van der Waals surface area contributed by atoms with Crippen molar-refractivity contribution in [3.8, 4) is 0 Å². The van der Waals surface area contributed by atoms with E-state index in [0.29, 0.717) is 16.7 Å². The Hall–Kier alpha value is -2.46. The fourth-order valence-corrected chi connectivity index (χ4v) is 3.07. The lowest BCUT2D eigenvalue weighted by atomic mass is 10.2. The molecule has 0 bridgehead atoms. The summed E-state index contributed by atoms with van der Waals surface area (Å²) < 4.78 is 7.64. The normalized spacial score (nSPS) is 11.3. The number of nitro groups is 1. The zero-order valence-corrected chi connectivity index (χ0v) is 15.4. The molecule has 3 rings (SSSR count). The number of thioether (sulfide) groups is 1. The van der Waals surface area contributed by atoms with Gasteiger partial charge in [0.15, 0.2) is 11.6 Å². The number of aryl methyl sites for hydroxylation is 1. The third-order valence-electron chi connectivity index (χ3n) is 3.14. The second-order valence-corrected chi connectivity index (χ2v) is 6.79. The number of benzene rings is 1. The molecule has 0 aliphatic heterocycles. The lowest BCUT2D eigenvalue weighted by molar-refractivity contribution is -0.402. The summed E-state index contributed by atoms with van der Waals surface area (Å²) in [5.41, 5.74) is 1.14. The van der Waals surface area contributed by atoms with E-state index in [9.17, 15) is 10.1 Å². The van der Waals surface area contributed by atoms with Gasteiger partial charge < -0.3 is 4.42 Å². The van der Waals surface area contributed by atoms with Crippen molar-refractivity contribution in [2.24, 2.45) is 5.10 Å². The largest absolute Gasteiger partial charge is 0.433 e. The van der Waals surface area contributed by atoms with Crippen LogP contribution in [0.4, 0.5) is 5.88 Å². The van der Waals surface area contributed by atoms with E-state index < -0.39 is 4.92 Å². The molecule has 0 N–H and O–H groups in total. The van der Waals surface area contributed by atoms with Gasteiger partial charge in [-0.3, -0.25) is 10.1 Å². The first-order chi connectivity index (χ1) is 12.0. The second-order valence-electron chi connectivity index (χ2n) is 4.93. The molecule has 0 fully saturated rings. The highest BCUT2D eigenvalue weighted by Crippen LogP contribution is 2.23. The Balaban J connectivity index is 1.73. The van der Waals surface area contributed by atoms with E-state index in [0.717, 1.165) is 10.0 Å². The number of hydrogen-bond donors (Lipinski definition) is 0. The molecule has 0 aliphatic carbocycles. The molecule has 0 saturated heterocycles. The summed E-state index contributed by atoms with van der Waals surface area (Å²) in [7, 11) is 0. The molecular weight excluding hydrogens is 410 g/mol. The molecule has 2 aromatic heterocycles. The molecule has 0 amide bonds. The van der Waals surface area contributed by atoms with Crippen molar-refractivity contribution in [2.75, 3.05) is 0 Å². The smallest absolute Gasteiger partial charge is 0.400 e. The molecule has 3 aromatic rings. The van der Waals surface area contributed by atoms with Crippen molar-refractivity contribution < 1.29 is 9.34 Å². The Bertz CT molecular complexity index is 920. The van der Waals surface area contributed by atoms with E-state index in [2.05, 4.69) is 31.2 Å². The van der Waals surface area contributed by atoms with Crippen molar-refractivity contribution in [1.29, 1.82) is 0 Å². The summed E-state index contributed by atoms with van der Waals surface area (Å²) in [6.45, 7) is 1.78.